The van der Waals surface area contributed by atoms with Crippen LogP contribution in [0, 0.1) is 5.92 Å². The molecule has 1 aromatic heterocycles. The highest BCUT2D eigenvalue weighted by molar-refractivity contribution is 5.39. The Morgan fingerprint density at radius 2 is 2.10 bits per heavy atom. The van der Waals surface area contributed by atoms with Crippen molar-refractivity contribution < 1.29 is 9.47 Å². The van der Waals surface area contributed by atoms with Crippen LogP contribution in [0.25, 0.3) is 0 Å². The van der Waals surface area contributed by atoms with Crippen molar-refractivity contribution in [3.8, 4) is 11.5 Å². The molecule has 1 aliphatic heterocycles. The minimum absolute atomic E-state index is 0.495. The largest absolute Gasteiger partial charge is 0.493 e. The first kappa shape index (κ1) is 13.0. The lowest BCUT2D eigenvalue weighted by Gasteiger charge is -2.21. The number of aromatic nitrogens is 2. The van der Waals surface area contributed by atoms with Crippen LogP contribution in [0.4, 0.5) is 0 Å². The molecule has 2 aromatic rings. The van der Waals surface area contributed by atoms with Crippen LogP contribution >= 0.6 is 0 Å². The van der Waals surface area contributed by atoms with E-state index in [2.05, 4.69) is 16.5 Å². The fraction of sp³-hybridized carbons (Fsp3) is 0.438. The fourth-order valence-electron chi connectivity index (χ4n) is 2.67. The van der Waals surface area contributed by atoms with Crippen molar-refractivity contribution in [3.63, 3.8) is 0 Å². The summed E-state index contributed by atoms with van der Waals surface area (Å²) >= 11 is 0. The molecule has 1 atom stereocenters. The number of benzene rings is 1. The zero-order chi connectivity index (χ0) is 13.9. The lowest BCUT2D eigenvalue weighted by atomic mass is 9.97. The summed E-state index contributed by atoms with van der Waals surface area (Å²) in [6, 6.07) is 7.71. The van der Waals surface area contributed by atoms with Crippen molar-refractivity contribution >= 4 is 0 Å². The number of para-hydroxylation sites is 2. The minimum atomic E-state index is 0.495. The van der Waals surface area contributed by atoms with E-state index in [0.29, 0.717) is 6.61 Å². The smallest absolute Gasteiger partial charge is 0.161 e. The first-order chi connectivity index (χ1) is 9.78. The Kier molecular flexibility index (Phi) is 3.63. The van der Waals surface area contributed by atoms with E-state index >= 15 is 0 Å². The predicted molar refractivity (Wildman–Crippen MR) is 77.0 cm³/mol. The Morgan fingerprint density at radius 1 is 1.30 bits per heavy atom. The van der Waals surface area contributed by atoms with Gasteiger partial charge in [0.1, 0.15) is 6.61 Å². The lowest BCUT2D eigenvalue weighted by Crippen LogP contribution is -2.17. The number of nitrogens with zero attached hydrogens (tertiary/aromatic N) is 2. The molecule has 4 nitrogen and oxygen atoms in total. The van der Waals surface area contributed by atoms with Gasteiger partial charge in [-0.2, -0.15) is 0 Å². The Balaban J connectivity index is 1.74. The monoisotopic (exact) mass is 272 g/mol. The van der Waals surface area contributed by atoms with Gasteiger partial charge in [0.15, 0.2) is 11.5 Å². The SMILES string of the molecule is COc1ccccc1OCc1ncn2c1CC(C)CC2. The molecule has 0 bridgehead atoms. The molecular formula is C16H20N2O2. The third kappa shape index (κ3) is 2.50. The van der Waals surface area contributed by atoms with Crippen LogP contribution in [0.1, 0.15) is 24.7 Å². The molecule has 4 heteroatoms. The zero-order valence-electron chi connectivity index (χ0n) is 12.0. The lowest BCUT2D eigenvalue weighted by molar-refractivity contribution is 0.278. The number of rotatable bonds is 4. The number of imidazole rings is 1. The van der Waals surface area contributed by atoms with Crippen LogP contribution < -0.4 is 9.47 Å². The predicted octanol–water partition coefficient (Wildman–Crippen LogP) is 3.05. The number of fused-ring (bicyclic) bond motifs is 1. The van der Waals surface area contributed by atoms with E-state index < -0.39 is 0 Å². The van der Waals surface area contributed by atoms with E-state index in [-0.39, 0.29) is 0 Å². The summed E-state index contributed by atoms with van der Waals surface area (Å²) < 4.78 is 13.4. The van der Waals surface area contributed by atoms with Crippen LogP contribution in [0.2, 0.25) is 0 Å². The van der Waals surface area contributed by atoms with Crippen molar-refractivity contribution in [2.45, 2.75) is 32.9 Å². The molecule has 106 valence electrons. The van der Waals surface area contributed by atoms with Crippen LogP contribution in [-0.2, 0) is 19.6 Å². The third-order valence-corrected chi connectivity index (χ3v) is 3.87. The van der Waals surface area contributed by atoms with Crippen molar-refractivity contribution in [1.82, 2.24) is 9.55 Å². The molecule has 1 aromatic carbocycles. The van der Waals surface area contributed by atoms with Gasteiger partial charge in [-0.25, -0.2) is 4.98 Å². The maximum Gasteiger partial charge on any atom is 0.161 e. The van der Waals surface area contributed by atoms with E-state index in [1.54, 1.807) is 7.11 Å². The Morgan fingerprint density at radius 3 is 2.90 bits per heavy atom. The third-order valence-electron chi connectivity index (χ3n) is 3.87. The molecular weight excluding hydrogens is 252 g/mol. The van der Waals surface area contributed by atoms with Crippen LogP contribution in [0.15, 0.2) is 30.6 Å². The van der Waals surface area contributed by atoms with Crippen LogP contribution in [0.3, 0.4) is 0 Å². The van der Waals surface area contributed by atoms with Gasteiger partial charge in [0.2, 0.25) is 0 Å². The summed E-state index contributed by atoms with van der Waals surface area (Å²) in [4.78, 5) is 4.50. The van der Waals surface area contributed by atoms with Crippen molar-refractivity contribution in [3.05, 3.63) is 42.0 Å². The second kappa shape index (κ2) is 5.57. The van der Waals surface area contributed by atoms with Gasteiger partial charge in [-0.1, -0.05) is 19.1 Å². The van der Waals surface area contributed by atoms with Crippen LogP contribution in [-0.4, -0.2) is 16.7 Å². The van der Waals surface area contributed by atoms with Gasteiger partial charge in [-0.3, -0.25) is 0 Å². The minimum Gasteiger partial charge on any atom is -0.493 e. The summed E-state index contributed by atoms with van der Waals surface area (Å²) in [5.41, 5.74) is 2.36. The Bertz CT molecular complexity index is 592. The van der Waals surface area contributed by atoms with Gasteiger partial charge >= 0.3 is 0 Å². The van der Waals surface area contributed by atoms with Gasteiger partial charge in [0, 0.05) is 12.2 Å². The summed E-state index contributed by atoms with van der Waals surface area (Å²) in [5, 5.41) is 0. The van der Waals surface area contributed by atoms with Crippen LogP contribution in [0.5, 0.6) is 11.5 Å². The van der Waals surface area contributed by atoms with E-state index in [9.17, 15) is 0 Å². The van der Waals surface area contributed by atoms with E-state index in [1.807, 2.05) is 30.6 Å². The summed E-state index contributed by atoms with van der Waals surface area (Å²) in [7, 11) is 1.66. The summed E-state index contributed by atoms with van der Waals surface area (Å²) in [5.74, 6) is 2.25. The molecule has 1 unspecified atom stereocenters. The van der Waals surface area contributed by atoms with Crippen molar-refractivity contribution in [2.24, 2.45) is 5.92 Å². The van der Waals surface area contributed by atoms with Crippen molar-refractivity contribution in [1.29, 1.82) is 0 Å². The zero-order valence-corrected chi connectivity index (χ0v) is 12.0. The molecule has 0 radical (unpaired) electrons. The number of methoxy groups -OCH3 is 1. The van der Waals surface area contributed by atoms with Gasteiger partial charge < -0.3 is 14.0 Å². The molecule has 0 saturated carbocycles. The van der Waals surface area contributed by atoms with E-state index in [4.69, 9.17) is 9.47 Å². The molecule has 0 spiro atoms. The van der Waals surface area contributed by atoms with Gasteiger partial charge in [-0.05, 0) is 30.9 Å². The number of ether oxygens (including phenoxy) is 2. The molecule has 0 aliphatic carbocycles. The Hall–Kier alpha value is -1.97. The summed E-state index contributed by atoms with van der Waals surface area (Å²) in [6.45, 7) is 3.86. The van der Waals surface area contributed by atoms with Gasteiger partial charge in [0.25, 0.3) is 0 Å². The standard InChI is InChI=1S/C16H20N2O2/c1-12-7-8-18-11-17-13(14(18)9-12)10-20-16-6-4-3-5-15(16)19-2/h3-6,11-12H,7-10H2,1-2H3. The first-order valence-corrected chi connectivity index (χ1v) is 7.06. The normalized spacial score (nSPS) is 17.6. The van der Waals surface area contributed by atoms with Gasteiger partial charge in [-0.15, -0.1) is 0 Å². The number of aryl methyl sites for hydroxylation is 1. The quantitative estimate of drug-likeness (QED) is 0.858. The van der Waals surface area contributed by atoms with Gasteiger partial charge in [0.05, 0.1) is 19.1 Å². The molecule has 2 heterocycles. The number of hydrogen-bond donors (Lipinski definition) is 0. The molecule has 0 amide bonds. The first-order valence-electron chi connectivity index (χ1n) is 7.06. The molecule has 20 heavy (non-hydrogen) atoms. The topological polar surface area (TPSA) is 36.3 Å². The second-order valence-corrected chi connectivity index (χ2v) is 5.37. The van der Waals surface area contributed by atoms with E-state index in [0.717, 1.165) is 36.1 Å². The maximum atomic E-state index is 5.87. The Labute approximate surface area is 119 Å². The highest BCUT2D eigenvalue weighted by Crippen LogP contribution is 2.28. The number of hydrogen-bond acceptors (Lipinski definition) is 3. The maximum absolute atomic E-state index is 5.87. The molecule has 1 aliphatic rings. The average molecular weight is 272 g/mol. The highest BCUT2D eigenvalue weighted by Gasteiger charge is 2.19. The molecule has 0 saturated heterocycles. The van der Waals surface area contributed by atoms with Crippen molar-refractivity contribution in [2.75, 3.05) is 7.11 Å². The molecule has 3 rings (SSSR count). The highest BCUT2D eigenvalue weighted by atomic mass is 16.5. The fourth-order valence-corrected chi connectivity index (χ4v) is 2.67. The molecule has 0 fully saturated rings. The second-order valence-electron chi connectivity index (χ2n) is 5.37. The average Bonchev–Trinajstić information content (AvgIpc) is 2.87. The molecule has 0 N–H and O–H groups in total. The summed E-state index contributed by atoms with van der Waals surface area (Å²) in [6.07, 6.45) is 4.25. The van der Waals surface area contributed by atoms with E-state index in [1.165, 1.54) is 12.1 Å².